The number of hydrogen-bond acceptors (Lipinski definition) is 1. The van der Waals surface area contributed by atoms with Crippen molar-refractivity contribution >= 4 is 54.9 Å². The molecule has 46 valence electrons. The Morgan fingerprint density at radius 3 is 1.50 bits per heavy atom. The molecule has 8 heavy (non-hydrogen) atoms. The first kappa shape index (κ1) is 11.6. The molecule has 0 rings (SSSR count). The second-order valence-electron chi connectivity index (χ2n) is 0.803. The molecular formula is C2H3BaF3O2. The number of aliphatic carboxylic acids is 1. The van der Waals surface area contributed by atoms with Crippen molar-refractivity contribution in [3.8, 4) is 0 Å². The Morgan fingerprint density at radius 1 is 1.38 bits per heavy atom. The molecule has 0 aromatic rings. The third kappa shape index (κ3) is 4.98. The molecule has 0 fully saturated rings. The van der Waals surface area contributed by atoms with Gasteiger partial charge in [-0.25, -0.2) is 4.79 Å². The molecule has 0 aromatic carbocycles. The first-order valence-corrected chi connectivity index (χ1v) is 1.24. The van der Waals surface area contributed by atoms with Gasteiger partial charge in [-0.3, -0.25) is 0 Å². The molecule has 0 atom stereocenters. The molecule has 0 saturated carbocycles. The van der Waals surface area contributed by atoms with Crippen molar-refractivity contribution < 1.29 is 23.1 Å². The summed E-state index contributed by atoms with van der Waals surface area (Å²) < 4.78 is 31.7. The van der Waals surface area contributed by atoms with E-state index in [9.17, 15) is 13.2 Å². The van der Waals surface area contributed by atoms with Gasteiger partial charge in [0.1, 0.15) is 0 Å². The van der Waals surface area contributed by atoms with E-state index in [0.717, 1.165) is 0 Å². The van der Waals surface area contributed by atoms with Crippen molar-refractivity contribution in [3.05, 3.63) is 0 Å². The van der Waals surface area contributed by atoms with Crippen LogP contribution in [0.2, 0.25) is 0 Å². The van der Waals surface area contributed by atoms with E-state index in [2.05, 4.69) is 0 Å². The van der Waals surface area contributed by atoms with Crippen LogP contribution >= 0.6 is 0 Å². The minimum atomic E-state index is -5.08. The SMILES string of the molecule is O=C(O)C(F)(F)F.[BaH2]. The zero-order valence-electron chi connectivity index (χ0n) is 2.99. The molecule has 0 spiro atoms. The Bertz CT molecular complexity index is 87.8. The quantitative estimate of drug-likeness (QED) is 0.603. The molecule has 0 radical (unpaired) electrons. The van der Waals surface area contributed by atoms with E-state index in [4.69, 9.17) is 9.90 Å². The van der Waals surface area contributed by atoms with Crippen LogP contribution in [0.4, 0.5) is 13.2 Å². The van der Waals surface area contributed by atoms with E-state index in [1.165, 1.54) is 0 Å². The number of carboxylic acids is 1. The summed E-state index contributed by atoms with van der Waals surface area (Å²) >= 11 is 0. The fourth-order valence-corrected chi connectivity index (χ4v) is 0. The van der Waals surface area contributed by atoms with Crippen LogP contribution in [0.1, 0.15) is 0 Å². The molecule has 0 aliphatic heterocycles. The van der Waals surface area contributed by atoms with Crippen LogP contribution < -0.4 is 0 Å². The standard InChI is InChI=1S/C2HF3O2.Ba.2H/c3-2(4,5)1(6)7;;;/h(H,6,7);;;. The van der Waals surface area contributed by atoms with E-state index in [1.54, 1.807) is 0 Å². The average molecular weight is 253 g/mol. The summed E-state index contributed by atoms with van der Waals surface area (Å²) in [6, 6.07) is 0. The number of rotatable bonds is 0. The fraction of sp³-hybridized carbons (Fsp3) is 0.500. The molecule has 0 aliphatic rings. The number of alkyl halides is 3. The summed E-state index contributed by atoms with van der Waals surface area (Å²) in [7, 11) is 0. The molecule has 0 unspecified atom stereocenters. The fourth-order valence-electron chi connectivity index (χ4n) is 0. The molecule has 0 amide bonds. The van der Waals surface area contributed by atoms with Crippen LogP contribution in [0, 0.1) is 0 Å². The van der Waals surface area contributed by atoms with Crippen LogP contribution in [-0.2, 0) is 4.79 Å². The zero-order chi connectivity index (χ0) is 6.08. The van der Waals surface area contributed by atoms with Crippen molar-refractivity contribution in [3.63, 3.8) is 0 Å². The van der Waals surface area contributed by atoms with Crippen molar-refractivity contribution in [1.82, 2.24) is 0 Å². The first-order valence-electron chi connectivity index (χ1n) is 1.24. The average Bonchev–Trinajstić information content (AvgIpc) is 1.31. The van der Waals surface area contributed by atoms with Gasteiger partial charge in [0.2, 0.25) is 0 Å². The number of hydrogen-bond donors (Lipinski definition) is 1. The number of carboxylic acid groups (broad SMARTS) is 1. The summed E-state index contributed by atoms with van der Waals surface area (Å²) in [6.45, 7) is 0. The van der Waals surface area contributed by atoms with E-state index in [1.807, 2.05) is 0 Å². The Labute approximate surface area is 83.1 Å². The maximum absolute atomic E-state index is 10.6. The molecule has 6 heteroatoms. The Kier molecular flexibility index (Phi) is 5.49. The van der Waals surface area contributed by atoms with Gasteiger partial charge in [-0.2, -0.15) is 13.2 Å². The molecular weight excluding hydrogens is 250 g/mol. The molecule has 0 bridgehead atoms. The minimum absolute atomic E-state index is 0. The van der Waals surface area contributed by atoms with E-state index in [-0.39, 0.29) is 48.9 Å². The third-order valence-electron chi connectivity index (χ3n) is 0.243. The Hall–Kier alpha value is 0.831. The summed E-state index contributed by atoms with van der Waals surface area (Å²) in [5, 5.41) is 7.12. The van der Waals surface area contributed by atoms with Crippen LogP contribution in [-0.4, -0.2) is 66.1 Å². The number of carbonyl (C=O) groups is 1. The molecule has 0 aromatic heterocycles. The van der Waals surface area contributed by atoms with Crippen LogP contribution in [0.25, 0.3) is 0 Å². The summed E-state index contributed by atoms with van der Waals surface area (Å²) in [5.74, 6) is -2.76. The maximum atomic E-state index is 10.6. The van der Waals surface area contributed by atoms with E-state index >= 15 is 0 Å². The predicted molar refractivity (Wildman–Crippen MR) is 22.2 cm³/mol. The summed E-state index contributed by atoms with van der Waals surface area (Å²) in [6.07, 6.45) is -5.08. The van der Waals surface area contributed by atoms with Gasteiger partial charge in [-0.05, 0) is 0 Å². The predicted octanol–water partition coefficient (Wildman–Crippen LogP) is -0.283. The van der Waals surface area contributed by atoms with Gasteiger partial charge in [-0.15, -0.1) is 0 Å². The van der Waals surface area contributed by atoms with Gasteiger partial charge in [0.15, 0.2) is 0 Å². The van der Waals surface area contributed by atoms with Crippen molar-refractivity contribution in [1.29, 1.82) is 0 Å². The first-order chi connectivity index (χ1) is 2.94. The molecule has 2 nitrogen and oxygen atoms in total. The van der Waals surface area contributed by atoms with Gasteiger partial charge >= 0.3 is 61.0 Å². The van der Waals surface area contributed by atoms with E-state index < -0.39 is 12.1 Å². The third-order valence-corrected chi connectivity index (χ3v) is 0.243. The van der Waals surface area contributed by atoms with E-state index in [0.29, 0.717) is 0 Å². The number of halogens is 3. The summed E-state index contributed by atoms with van der Waals surface area (Å²) in [5.41, 5.74) is 0. The van der Waals surface area contributed by atoms with Gasteiger partial charge in [-0.1, -0.05) is 0 Å². The zero-order valence-corrected chi connectivity index (χ0v) is 2.99. The van der Waals surface area contributed by atoms with Crippen LogP contribution in [0.15, 0.2) is 0 Å². The van der Waals surface area contributed by atoms with Crippen LogP contribution in [0.5, 0.6) is 0 Å². The van der Waals surface area contributed by atoms with Crippen molar-refractivity contribution in [2.45, 2.75) is 6.18 Å². The topological polar surface area (TPSA) is 37.3 Å². The van der Waals surface area contributed by atoms with Gasteiger partial charge in [0, 0.05) is 0 Å². The van der Waals surface area contributed by atoms with Gasteiger partial charge in [0.25, 0.3) is 0 Å². The molecule has 1 N–H and O–H groups in total. The van der Waals surface area contributed by atoms with Crippen molar-refractivity contribution in [2.24, 2.45) is 0 Å². The molecule has 0 heterocycles. The van der Waals surface area contributed by atoms with Gasteiger partial charge < -0.3 is 5.11 Å². The monoisotopic (exact) mass is 254 g/mol. The van der Waals surface area contributed by atoms with Gasteiger partial charge in [0.05, 0.1) is 0 Å². The Morgan fingerprint density at radius 2 is 1.50 bits per heavy atom. The van der Waals surface area contributed by atoms with Crippen LogP contribution in [0.3, 0.4) is 0 Å². The van der Waals surface area contributed by atoms with Crippen molar-refractivity contribution in [2.75, 3.05) is 0 Å². The molecule has 0 aliphatic carbocycles. The summed E-state index contributed by atoms with van der Waals surface area (Å²) in [4.78, 5) is 8.90. The second-order valence-corrected chi connectivity index (χ2v) is 0.803. The normalized spacial score (nSPS) is 9.88. The molecule has 0 saturated heterocycles. The second kappa shape index (κ2) is 3.78. The Balaban J connectivity index is 0.